The summed E-state index contributed by atoms with van der Waals surface area (Å²) in [5.41, 5.74) is 1.69. The van der Waals surface area contributed by atoms with Crippen LogP contribution in [0.3, 0.4) is 0 Å². The highest BCUT2D eigenvalue weighted by Crippen LogP contribution is 2.27. The molecule has 2 aromatic carbocycles. The van der Waals surface area contributed by atoms with E-state index in [9.17, 15) is 9.18 Å². The second kappa shape index (κ2) is 9.76. The number of hydrogen-bond acceptors (Lipinski definition) is 6. The van der Waals surface area contributed by atoms with Crippen LogP contribution >= 0.6 is 23.1 Å². The van der Waals surface area contributed by atoms with Crippen LogP contribution in [0.2, 0.25) is 0 Å². The fraction of sp³-hybridized carbons (Fsp3) is 0.136. The Morgan fingerprint density at radius 3 is 2.65 bits per heavy atom. The van der Waals surface area contributed by atoms with Gasteiger partial charge in [0.05, 0.1) is 18.9 Å². The van der Waals surface area contributed by atoms with Crippen molar-refractivity contribution < 1.29 is 13.9 Å². The molecule has 4 rings (SSSR count). The van der Waals surface area contributed by atoms with Gasteiger partial charge in [0.25, 0.3) is 0 Å². The number of methoxy groups -OCH3 is 1. The van der Waals surface area contributed by atoms with Crippen molar-refractivity contribution in [3.05, 3.63) is 82.3 Å². The molecule has 0 spiro atoms. The normalized spacial score (nSPS) is 11.8. The number of nitrogens with zero attached hydrogens (tertiary/aromatic N) is 2. The topological polar surface area (TPSA) is 79.9 Å². The number of thioether (sulfide) groups is 1. The molecule has 4 aromatic rings. The van der Waals surface area contributed by atoms with Crippen molar-refractivity contribution in [1.82, 2.24) is 20.5 Å². The van der Waals surface area contributed by atoms with Gasteiger partial charge in [-0.25, -0.2) is 9.37 Å². The lowest BCUT2D eigenvalue weighted by molar-refractivity contribution is -0.119. The van der Waals surface area contributed by atoms with Crippen LogP contribution < -0.4 is 10.1 Å². The van der Waals surface area contributed by atoms with Gasteiger partial charge < -0.3 is 10.1 Å². The first-order valence-electron chi connectivity index (χ1n) is 9.40. The minimum Gasteiger partial charge on any atom is -0.497 e. The Balaban J connectivity index is 1.39. The van der Waals surface area contributed by atoms with Crippen molar-refractivity contribution in [2.24, 2.45) is 0 Å². The van der Waals surface area contributed by atoms with Crippen LogP contribution in [0.5, 0.6) is 5.75 Å². The van der Waals surface area contributed by atoms with Gasteiger partial charge in [0.15, 0.2) is 5.82 Å². The van der Waals surface area contributed by atoms with Crippen molar-refractivity contribution >= 4 is 29.0 Å². The van der Waals surface area contributed by atoms with Crippen LogP contribution in [0.4, 0.5) is 4.39 Å². The van der Waals surface area contributed by atoms with E-state index < -0.39 is 0 Å². The number of nitrogens with one attached hydrogen (secondary N) is 2. The molecule has 0 aliphatic heterocycles. The number of rotatable bonds is 8. The van der Waals surface area contributed by atoms with Gasteiger partial charge in [0.1, 0.15) is 11.6 Å². The van der Waals surface area contributed by atoms with Gasteiger partial charge >= 0.3 is 0 Å². The maximum absolute atomic E-state index is 13.3. The summed E-state index contributed by atoms with van der Waals surface area (Å²) in [6.45, 7) is 0. The van der Waals surface area contributed by atoms with E-state index in [0.29, 0.717) is 11.0 Å². The van der Waals surface area contributed by atoms with Gasteiger partial charge in [-0.15, -0.1) is 16.4 Å². The Morgan fingerprint density at radius 2 is 1.97 bits per heavy atom. The molecule has 158 valence electrons. The highest BCUT2D eigenvalue weighted by atomic mass is 32.2. The zero-order valence-corrected chi connectivity index (χ0v) is 18.2. The summed E-state index contributed by atoms with van der Waals surface area (Å²) >= 11 is 2.78. The standard InChI is InChI=1S/C22H19FN4O2S2/c1-29-17-10-6-15(7-11-17)21-25-22(27-26-21)31-13-19(28)24-20(18-3-2-12-30-18)14-4-8-16(23)9-5-14/h2-12,20H,13H2,1H3,(H,24,28)(H,25,26,27)/t20-/m1/s1. The zero-order valence-electron chi connectivity index (χ0n) is 16.5. The van der Waals surface area contributed by atoms with E-state index >= 15 is 0 Å². The number of halogens is 1. The number of hydrogen-bond donors (Lipinski definition) is 2. The lowest BCUT2D eigenvalue weighted by Crippen LogP contribution is -2.30. The molecule has 0 fully saturated rings. The minimum atomic E-state index is -0.337. The first-order chi connectivity index (χ1) is 15.1. The average molecular weight is 455 g/mol. The van der Waals surface area contributed by atoms with Crippen LogP contribution in [-0.2, 0) is 4.79 Å². The molecule has 0 radical (unpaired) electrons. The summed E-state index contributed by atoms with van der Waals surface area (Å²) in [7, 11) is 1.61. The molecule has 1 atom stereocenters. The van der Waals surface area contributed by atoms with E-state index in [-0.39, 0.29) is 23.5 Å². The van der Waals surface area contributed by atoms with E-state index in [0.717, 1.165) is 21.8 Å². The Bertz CT molecular complexity index is 1130. The summed E-state index contributed by atoms with van der Waals surface area (Å²) in [4.78, 5) is 18.0. The third-order valence-electron chi connectivity index (χ3n) is 4.50. The summed E-state index contributed by atoms with van der Waals surface area (Å²) < 4.78 is 18.5. The van der Waals surface area contributed by atoms with Crippen LogP contribution in [0, 0.1) is 5.82 Å². The number of thiophene rings is 1. The predicted molar refractivity (Wildman–Crippen MR) is 120 cm³/mol. The third-order valence-corrected chi connectivity index (χ3v) is 6.28. The number of benzene rings is 2. The molecule has 9 heteroatoms. The van der Waals surface area contributed by atoms with Crippen molar-refractivity contribution in [2.75, 3.05) is 12.9 Å². The molecular formula is C22H19FN4O2S2. The highest BCUT2D eigenvalue weighted by Gasteiger charge is 2.19. The molecule has 2 N–H and O–H groups in total. The fourth-order valence-electron chi connectivity index (χ4n) is 2.95. The fourth-order valence-corrected chi connectivity index (χ4v) is 4.36. The lowest BCUT2D eigenvalue weighted by atomic mass is 10.1. The molecule has 31 heavy (non-hydrogen) atoms. The number of amides is 1. The number of carbonyl (C=O) groups excluding carboxylic acids is 1. The van der Waals surface area contributed by atoms with Crippen molar-refractivity contribution in [3.8, 4) is 17.1 Å². The molecule has 0 bridgehead atoms. The highest BCUT2D eigenvalue weighted by molar-refractivity contribution is 7.99. The number of H-pyrrole nitrogens is 1. The first-order valence-corrected chi connectivity index (χ1v) is 11.3. The Labute approximate surface area is 186 Å². The van der Waals surface area contributed by atoms with Gasteiger partial charge in [-0.2, -0.15) is 0 Å². The summed E-state index contributed by atoms with van der Waals surface area (Å²) in [6.07, 6.45) is 0. The number of carbonyl (C=O) groups is 1. The Morgan fingerprint density at radius 1 is 1.19 bits per heavy atom. The van der Waals surface area contributed by atoms with E-state index in [2.05, 4.69) is 20.5 Å². The van der Waals surface area contributed by atoms with E-state index in [1.54, 1.807) is 19.2 Å². The number of aromatic amines is 1. The number of ether oxygens (including phenoxy) is 1. The van der Waals surface area contributed by atoms with Crippen molar-refractivity contribution in [2.45, 2.75) is 11.2 Å². The molecule has 0 unspecified atom stereocenters. The first kappa shape index (κ1) is 21.1. The summed E-state index contributed by atoms with van der Waals surface area (Å²) in [5, 5.41) is 12.5. The second-order valence-electron chi connectivity index (χ2n) is 6.55. The van der Waals surface area contributed by atoms with Crippen molar-refractivity contribution in [1.29, 1.82) is 0 Å². The van der Waals surface area contributed by atoms with Gasteiger partial charge in [-0.05, 0) is 53.4 Å². The van der Waals surface area contributed by atoms with Crippen LogP contribution in [0.1, 0.15) is 16.5 Å². The summed E-state index contributed by atoms with van der Waals surface area (Å²) in [6, 6.07) is 17.1. The molecule has 6 nitrogen and oxygen atoms in total. The number of aromatic nitrogens is 3. The van der Waals surface area contributed by atoms with Gasteiger partial charge in [0.2, 0.25) is 11.1 Å². The third kappa shape index (κ3) is 5.31. The smallest absolute Gasteiger partial charge is 0.231 e. The molecule has 1 amide bonds. The van der Waals surface area contributed by atoms with Gasteiger partial charge in [-0.1, -0.05) is 30.0 Å². The SMILES string of the molecule is COc1ccc(-c2nc(SCC(=O)N[C@H](c3ccc(F)cc3)c3cccs3)n[nH]2)cc1. The van der Waals surface area contributed by atoms with Crippen LogP contribution in [0.25, 0.3) is 11.4 Å². The monoisotopic (exact) mass is 454 g/mol. The average Bonchev–Trinajstić information content (AvgIpc) is 3.49. The molecule has 2 heterocycles. The molecule has 0 saturated carbocycles. The van der Waals surface area contributed by atoms with Crippen LogP contribution in [0.15, 0.2) is 71.2 Å². The predicted octanol–water partition coefficient (Wildman–Crippen LogP) is 4.68. The van der Waals surface area contributed by atoms with E-state index in [1.165, 1.54) is 35.2 Å². The van der Waals surface area contributed by atoms with Gasteiger partial charge in [0, 0.05) is 10.4 Å². The second-order valence-corrected chi connectivity index (χ2v) is 8.47. The maximum atomic E-state index is 13.3. The molecule has 2 aromatic heterocycles. The zero-order chi connectivity index (χ0) is 21.6. The molecule has 0 aliphatic carbocycles. The molecule has 0 saturated heterocycles. The summed E-state index contributed by atoms with van der Waals surface area (Å²) in [5.74, 6) is 1.06. The Hall–Kier alpha value is -3.17. The quantitative estimate of drug-likeness (QED) is 0.378. The molecular weight excluding hydrogens is 435 g/mol. The molecule has 0 aliphatic rings. The lowest BCUT2D eigenvalue weighted by Gasteiger charge is -2.18. The maximum Gasteiger partial charge on any atom is 0.231 e. The minimum absolute atomic E-state index is 0.156. The van der Waals surface area contributed by atoms with Crippen molar-refractivity contribution in [3.63, 3.8) is 0 Å². The Kier molecular flexibility index (Phi) is 6.63. The largest absolute Gasteiger partial charge is 0.497 e. The van der Waals surface area contributed by atoms with Crippen LogP contribution in [-0.4, -0.2) is 34.0 Å². The van der Waals surface area contributed by atoms with E-state index in [1.807, 2.05) is 41.8 Å². The van der Waals surface area contributed by atoms with E-state index in [4.69, 9.17) is 4.74 Å². The van der Waals surface area contributed by atoms with Gasteiger partial charge in [-0.3, -0.25) is 9.89 Å².